The SMILES string of the molecule is C[C@]12CCC3=NCCN3C1=CC[C@@H]1[C@@H]2CC[C@@]2(C)[C@H]1CC[C@]2(C)O. The summed E-state index contributed by atoms with van der Waals surface area (Å²) in [5.41, 5.74) is 1.60. The summed E-state index contributed by atoms with van der Waals surface area (Å²) in [7, 11) is 0. The summed E-state index contributed by atoms with van der Waals surface area (Å²) in [6.07, 6.45) is 10.9. The molecule has 0 aromatic carbocycles. The Labute approximate surface area is 146 Å². The van der Waals surface area contributed by atoms with Gasteiger partial charge in [0.25, 0.3) is 0 Å². The van der Waals surface area contributed by atoms with Gasteiger partial charge < -0.3 is 10.0 Å². The fourth-order valence-corrected chi connectivity index (χ4v) is 7.39. The van der Waals surface area contributed by atoms with Crippen molar-refractivity contribution in [1.82, 2.24) is 4.90 Å². The van der Waals surface area contributed by atoms with Gasteiger partial charge in [0.2, 0.25) is 0 Å². The number of aliphatic hydroxyl groups is 1. The number of hydrogen-bond acceptors (Lipinski definition) is 3. The van der Waals surface area contributed by atoms with Crippen LogP contribution in [0.1, 0.15) is 65.7 Å². The zero-order valence-electron chi connectivity index (χ0n) is 15.5. The Morgan fingerprint density at radius 3 is 2.75 bits per heavy atom. The molecular weight excluding hydrogens is 296 g/mol. The second kappa shape index (κ2) is 4.66. The number of rotatable bonds is 0. The zero-order valence-corrected chi connectivity index (χ0v) is 15.5. The molecule has 1 saturated heterocycles. The molecular formula is C21H32N2O. The Hall–Kier alpha value is -0.830. The van der Waals surface area contributed by atoms with Crippen molar-refractivity contribution in [2.75, 3.05) is 13.1 Å². The third kappa shape index (κ3) is 1.70. The molecule has 0 aromatic heterocycles. The van der Waals surface area contributed by atoms with Gasteiger partial charge in [0, 0.05) is 24.1 Å². The number of hydrogen-bond donors (Lipinski definition) is 1. The van der Waals surface area contributed by atoms with Crippen LogP contribution < -0.4 is 0 Å². The van der Waals surface area contributed by atoms with Gasteiger partial charge in [-0.1, -0.05) is 19.9 Å². The van der Waals surface area contributed by atoms with Crippen LogP contribution in [0.25, 0.3) is 0 Å². The van der Waals surface area contributed by atoms with Gasteiger partial charge in [0.1, 0.15) is 5.84 Å². The quantitative estimate of drug-likeness (QED) is 0.730. The summed E-state index contributed by atoms with van der Waals surface area (Å²) >= 11 is 0. The average molecular weight is 329 g/mol. The van der Waals surface area contributed by atoms with E-state index in [1.54, 1.807) is 5.70 Å². The molecule has 132 valence electrons. The van der Waals surface area contributed by atoms with E-state index in [0.29, 0.717) is 11.3 Å². The Kier molecular flexibility index (Phi) is 3.00. The van der Waals surface area contributed by atoms with E-state index in [1.807, 2.05) is 0 Å². The van der Waals surface area contributed by atoms with Crippen molar-refractivity contribution in [3.05, 3.63) is 11.8 Å². The fraction of sp³-hybridized carbons (Fsp3) is 0.857. The van der Waals surface area contributed by atoms with Crippen LogP contribution in [-0.4, -0.2) is 34.5 Å². The molecule has 6 atom stereocenters. The Morgan fingerprint density at radius 2 is 1.92 bits per heavy atom. The second-order valence-corrected chi connectivity index (χ2v) is 9.84. The maximum Gasteiger partial charge on any atom is 0.103 e. The Bertz CT molecular complexity index is 636. The molecule has 1 N–H and O–H groups in total. The summed E-state index contributed by atoms with van der Waals surface area (Å²) < 4.78 is 0. The van der Waals surface area contributed by atoms with Crippen LogP contribution >= 0.6 is 0 Å². The van der Waals surface area contributed by atoms with Gasteiger partial charge in [-0.15, -0.1) is 0 Å². The van der Waals surface area contributed by atoms with Crippen LogP contribution in [0.2, 0.25) is 0 Å². The lowest BCUT2D eigenvalue weighted by Crippen LogP contribution is -2.55. The summed E-state index contributed by atoms with van der Waals surface area (Å²) in [4.78, 5) is 7.29. The minimum Gasteiger partial charge on any atom is -0.390 e. The highest BCUT2D eigenvalue weighted by Crippen LogP contribution is 2.66. The summed E-state index contributed by atoms with van der Waals surface area (Å²) in [5, 5.41) is 11.0. The molecule has 2 aliphatic heterocycles. The van der Waals surface area contributed by atoms with Crippen LogP contribution in [0.3, 0.4) is 0 Å². The van der Waals surface area contributed by atoms with E-state index >= 15 is 0 Å². The minimum absolute atomic E-state index is 0.130. The number of piperidine rings is 1. The standard InChI is InChI=1S/C21H32N2O/c1-19-9-8-18-22-12-13-23(18)17(19)5-4-14-15(19)6-10-20(2)16(14)7-11-21(20,3)24/h5,14-16,24H,4,6-13H2,1-3H3/t14-,15+,16+,19-,20+,21+/m1/s1. The maximum atomic E-state index is 11.0. The van der Waals surface area contributed by atoms with Crippen LogP contribution in [-0.2, 0) is 0 Å². The number of fused-ring (bicyclic) bond motifs is 7. The largest absolute Gasteiger partial charge is 0.390 e. The molecule has 3 nitrogen and oxygen atoms in total. The van der Waals surface area contributed by atoms with Crippen LogP contribution in [0.4, 0.5) is 0 Å². The lowest BCUT2D eigenvalue weighted by molar-refractivity contribution is -0.114. The van der Waals surface area contributed by atoms with Crippen molar-refractivity contribution in [2.45, 2.75) is 71.3 Å². The molecule has 3 heteroatoms. The van der Waals surface area contributed by atoms with Gasteiger partial charge in [0.05, 0.1) is 12.1 Å². The third-order valence-electron chi connectivity index (χ3n) is 9.07. The van der Waals surface area contributed by atoms with Crippen molar-refractivity contribution >= 4 is 5.84 Å². The van der Waals surface area contributed by atoms with Gasteiger partial charge in [-0.2, -0.15) is 0 Å². The number of aliphatic imine (C=N–C) groups is 1. The zero-order chi connectivity index (χ0) is 16.7. The van der Waals surface area contributed by atoms with Crippen molar-refractivity contribution in [3.63, 3.8) is 0 Å². The van der Waals surface area contributed by atoms with Crippen molar-refractivity contribution < 1.29 is 5.11 Å². The van der Waals surface area contributed by atoms with Crippen LogP contribution in [0.5, 0.6) is 0 Å². The molecule has 2 heterocycles. The lowest BCUT2D eigenvalue weighted by atomic mass is 9.48. The smallest absolute Gasteiger partial charge is 0.103 e. The molecule has 5 rings (SSSR count). The molecule has 0 radical (unpaired) electrons. The topological polar surface area (TPSA) is 35.8 Å². The van der Waals surface area contributed by atoms with E-state index < -0.39 is 5.60 Å². The maximum absolute atomic E-state index is 11.0. The monoisotopic (exact) mass is 328 g/mol. The highest BCUT2D eigenvalue weighted by atomic mass is 16.3. The minimum atomic E-state index is -0.463. The summed E-state index contributed by atoms with van der Waals surface area (Å²) in [6, 6.07) is 0. The fourth-order valence-electron chi connectivity index (χ4n) is 7.39. The predicted molar refractivity (Wildman–Crippen MR) is 96.7 cm³/mol. The van der Waals surface area contributed by atoms with E-state index in [-0.39, 0.29) is 5.41 Å². The molecule has 0 aromatic rings. The number of allylic oxidation sites excluding steroid dienone is 2. The molecule has 24 heavy (non-hydrogen) atoms. The van der Waals surface area contributed by atoms with Crippen molar-refractivity contribution in [2.24, 2.45) is 33.6 Å². The lowest BCUT2D eigenvalue weighted by Gasteiger charge is -2.59. The van der Waals surface area contributed by atoms with Gasteiger partial charge in [0.15, 0.2) is 0 Å². The molecule has 0 amide bonds. The van der Waals surface area contributed by atoms with Crippen molar-refractivity contribution in [3.8, 4) is 0 Å². The number of amidine groups is 1. The molecule has 3 fully saturated rings. The molecule has 0 unspecified atom stereocenters. The first-order valence-electron chi connectivity index (χ1n) is 10.1. The van der Waals surface area contributed by atoms with E-state index in [2.05, 4.69) is 31.7 Å². The molecule has 0 spiro atoms. The first kappa shape index (κ1) is 15.4. The van der Waals surface area contributed by atoms with Crippen LogP contribution in [0, 0.1) is 28.6 Å². The molecule has 5 aliphatic rings. The summed E-state index contributed by atoms with van der Waals surface area (Å²) in [5.74, 6) is 3.62. The second-order valence-electron chi connectivity index (χ2n) is 9.84. The van der Waals surface area contributed by atoms with E-state index in [9.17, 15) is 5.11 Å². The van der Waals surface area contributed by atoms with E-state index in [4.69, 9.17) is 4.99 Å². The highest BCUT2D eigenvalue weighted by molar-refractivity contribution is 5.87. The van der Waals surface area contributed by atoms with Crippen LogP contribution in [0.15, 0.2) is 16.8 Å². The predicted octanol–water partition coefficient (Wildman–Crippen LogP) is 3.98. The van der Waals surface area contributed by atoms with Gasteiger partial charge in [-0.05, 0) is 68.6 Å². The molecule has 3 aliphatic carbocycles. The van der Waals surface area contributed by atoms with E-state index in [0.717, 1.165) is 37.8 Å². The third-order valence-corrected chi connectivity index (χ3v) is 9.07. The van der Waals surface area contributed by atoms with E-state index in [1.165, 1.54) is 37.9 Å². The van der Waals surface area contributed by atoms with Crippen molar-refractivity contribution in [1.29, 1.82) is 0 Å². The Balaban J connectivity index is 1.53. The highest BCUT2D eigenvalue weighted by Gasteiger charge is 2.62. The average Bonchev–Trinajstić information content (AvgIpc) is 3.10. The normalized spacial score (nSPS) is 52.8. The first-order valence-corrected chi connectivity index (χ1v) is 10.1. The first-order chi connectivity index (χ1) is 11.4. The van der Waals surface area contributed by atoms with Gasteiger partial charge >= 0.3 is 0 Å². The molecule has 0 bridgehead atoms. The molecule has 2 saturated carbocycles. The Morgan fingerprint density at radius 1 is 1.12 bits per heavy atom. The number of nitrogens with zero attached hydrogens (tertiary/aromatic N) is 2. The summed E-state index contributed by atoms with van der Waals surface area (Å²) in [6.45, 7) is 9.12. The van der Waals surface area contributed by atoms with Gasteiger partial charge in [-0.25, -0.2) is 0 Å². The van der Waals surface area contributed by atoms with Gasteiger partial charge in [-0.3, -0.25) is 4.99 Å².